The van der Waals surface area contributed by atoms with Crippen LogP contribution < -0.4 is 9.64 Å². The summed E-state index contributed by atoms with van der Waals surface area (Å²) in [4.78, 5) is 17.7. The van der Waals surface area contributed by atoms with E-state index in [1.54, 1.807) is 12.3 Å². The molecule has 2 aromatic carbocycles. The highest BCUT2D eigenvalue weighted by atomic mass is 19.1. The van der Waals surface area contributed by atoms with Crippen LogP contribution in [0.5, 0.6) is 11.8 Å². The first-order valence-corrected chi connectivity index (χ1v) is 15.9. The molecule has 11 heteroatoms. The molecular formula is C34H38F3N5O3. The van der Waals surface area contributed by atoms with Crippen molar-refractivity contribution in [2.24, 2.45) is 0 Å². The number of alkyl halides is 1. The second-order valence-corrected chi connectivity index (χ2v) is 12.6. The van der Waals surface area contributed by atoms with E-state index in [-0.39, 0.29) is 34.4 Å². The average molecular weight is 622 g/mol. The third-order valence-corrected chi connectivity index (χ3v) is 9.86. The van der Waals surface area contributed by atoms with Crippen molar-refractivity contribution in [3.63, 3.8) is 0 Å². The molecule has 1 spiro atoms. The molecule has 0 bridgehead atoms. The number of anilines is 1. The molecule has 4 fully saturated rings. The number of nitrogens with zero attached hydrogens (tertiary/aromatic N) is 5. The van der Waals surface area contributed by atoms with E-state index >= 15 is 4.39 Å². The van der Waals surface area contributed by atoms with Crippen molar-refractivity contribution in [1.82, 2.24) is 19.9 Å². The lowest BCUT2D eigenvalue weighted by Crippen LogP contribution is -2.56. The van der Waals surface area contributed by atoms with Crippen molar-refractivity contribution in [2.75, 3.05) is 44.8 Å². The van der Waals surface area contributed by atoms with Gasteiger partial charge in [0.15, 0.2) is 5.82 Å². The molecule has 238 valence electrons. The standard InChI is InChI=1S/C27H26F2N4O3.C7H12FN/c1-3-17-20(28)6-5-15-11-16(34)12-18(21(15)17)23-22(29)24-19(13-30-23)25(32-26(31-24)35-2)33-9-10-36-27(14-33)7-4-8-27;8-6-4-7-2-1-3-9(7)5-6/h5-6,11-13,34H,3-4,7-10,14H2,1-2H3;6-7H,1-5H2. The van der Waals surface area contributed by atoms with Gasteiger partial charge in [0.05, 0.1) is 24.7 Å². The Kier molecular flexibility index (Phi) is 7.93. The summed E-state index contributed by atoms with van der Waals surface area (Å²) < 4.78 is 54.9. The van der Waals surface area contributed by atoms with E-state index in [1.807, 2.05) is 6.92 Å². The molecule has 2 unspecified atom stereocenters. The maximum Gasteiger partial charge on any atom is 0.318 e. The number of aryl methyl sites for hydroxylation is 1. The number of halogens is 3. The fourth-order valence-corrected chi connectivity index (χ4v) is 7.50. The van der Waals surface area contributed by atoms with E-state index in [2.05, 4.69) is 24.8 Å². The third-order valence-electron chi connectivity index (χ3n) is 9.86. The Morgan fingerprint density at radius 1 is 1.13 bits per heavy atom. The fraction of sp³-hybridized carbons (Fsp3) is 0.500. The zero-order valence-electron chi connectivity index (χ0n) is 25.7. The minimum atomic E-state index is -0.681. The average Bonchev–Trinajstić information content (AvgIpc) is 3.61. The molecule has 0 radical (unpaired) electrons. The lowest BCUT2D eigenvalue weighted by Gasteiger charge is -2.48. The third kappa shape index (κ3) is 5.43. The van der Waals surface area contributed by atoms with Crippen LogP contribution in [0.4, 0.5) is 19.0 Å². The molecule has 1 N–H and O–H groups in total. The Morgan fingerprint density at radius 2 is 1.98 bits per heavy atom. The highest BCUT2D eigenvalue weighted by Crippen LogP contribution is 2.42. The Bertz CT molecular complexity index is 1740. The molecule has 4 aromatic rings. The molecule has 2 aromatic heterocycles. The van der Waals surface area contributed by atoms with Crippen LogP contribution in [0.2, 0.25) is 0 Å². The van der Waals surface area contributed by atoms with Gasteiger partial charge in [-0.05, 0) is 86.0 Å². The zero-order valence-corrected chi connectivity index (χ0v) is 25.7. The summed E-state index contributed by atoms with van der Waals surface area (Å²) in [5.74, 6) is -0.584. The second kappa shape index (κ2) is 11.9. The van der Waals surface area contributed by atoms with Gasteiger partial charge in [-0.25, -0.2) is 13.2 Å². The van der Waals surface area contributed by atoms with Gasteiger partial charge in [0.25, 0.3) is 0 Å². The Balaban J connectivity index is 0.000000308. The van der Waals surface area contributed by atoms with E-state index in [9.17, 15) is 13.9 Å². The number of ether oxygens (including phenoxy) is 2. The number of methoxy groups -OCH3 is 1. The van der Waals surface area contributed by atoms with E-state index < -0.39 is 12.0 Å². The number of aromatic nitrogens is 3. The minimum Gasteiger partial charge on any atom is -0.508 e. The van der Waals surface area contributed by atoms with Crippen LogP contribution in [0.1, 0.15) is 51.0 Å². The smallest absolute Gasteiger partial charge is 0.318 e. The molecule has 45 heavy (non-hydrogen) atoms. The van der Waals surface area contributed by atoms with Crippen LogP contribution in [-0.4, -0.2) is 82.7 Å². The summed E-state index contributed by atoms with van der Waals surface area (Å²) >= 11 is 0. The van der Waals surface area contributed by atoms with Gasteiger partial charge in [0.1, 0.15) is 34.8 Å². The van der Waals surface area contributed by atoms with Gasteiger partial charge in [0, 0.05) is 37.4 Å². The lowest BCUT2D eigenvalue weighted by molar-refractivity contribution is -0.106. The predicted molar refractivity (Wildman–Crippen MR) is 167 cm³/mol. The molecule has 3 aliphatic heterocycles. The first-order valence-electron chi connectivity index (χ1n) is 15.9. The van der Waals surface area contributed by atoms with Crippen LogP contribution in [0, 0.1) is 11.6 Å². The van der Waals surface area contributed by atoms with Crippen LogP contribution in [-0.2, 0) is 11.2 Å². The quantitative estimate of drug-likeness (QED) is 0.282. The first kappa shape index (κ1) is 30.0. The summed E-state index contributed by atoms with van der Waals surface area (Å²) in [7, 11) is 1.44. The van der Waals surface area contributed by atoms with E-state index in [0.717, 1.165) is 32.2 Å². The largest absolute Gasteiger partial charge is 0.508 e. The van der Waals surface area contributed by atoms with E-state index in [4.69, 9.17) is 9.47 Å². The number of pyridine rings is 1. The number of hydrogen-bond donors (Lipinski definition) is 1. The highest BCUT2D eigenvalue weighted by Gasteiger charge is 2.43. The van der Waals surface area contributed by atoms with Crippen LogP contribution >= 0.6 is 0 Å². The van der Waals surface area contributed by atoms with Gasteiger partial charge in [-0.2, -0.15) is 9.97 Å². The number of rotatable bonds is 4. The molecular weight excluding hydrogens is 583 g/mol. The molecule has 4 aliphatic rings. The number of morpholine rings is 1. The van der Waals surface area contributed by atoms with Gasteiger partial charge in [-0.1, -0.05) is 13.0 Å². The molecule has 8 rings (SSSR count). The predicted octanol–water partition coefficient (Wildman–Crippen LogP) is 6.35. The summed E-state index contributed by atoms with van der Waals surface area (Å²) in [6, 6.07) is 6.54. The van der Waals surface area contributed by atoms with Gasteiger partial charge in [-0.15, -0.1) is 0 Å². The van der Waals surface area contributed by atoms with Gasteiger partial charge >= 0.3 is 6.01 Å². The van der Waals surface area contributed by atoms with Crippen molar-refractivity contribution < 1.29 is 27.8 Å². The van der Waals surface area contributed by atoms with Crippen molar-refractivity contribution in [2.45, 2.75) is 69.7 Å². The van der Waals surface area contributed by atoms with Gasteiger partial charge in [-0.3, -0.25) is 9.88 Å². The minimum absolute atomic E-state index is 0.0205. The highest BCUT2D eigenvalue weighted by molar-refractivity contribution is 6.01. The summed E-state index contributed by atoms with van der Waals surface area (Å²) in [5, 5.41) is 12.0. The van der Waals surface area contributed by atoms with Gasteiger partial charge < -0.3 is 19.5 Å². The fourth-order valence-electron chi connectivity index (χ4n) is 7.50. The number of fused-ring (bicyclic) bond motifs is 3. The normalized spacial score (nSPS) is 22.4. The van der Waals surface area contributed by atoms with Gasteiger partial charge in [0.2, 0.25) is 0 Å². The topological polar surface area (TPSA) is 83.8 Å². The lowest BCUT2D eigenvalue weighted by atomic mass is 9.79. The number of hydrogen-bond acceptors (Lipinski definition) is 8. The van der Waals surface area contributed by atoms with Crippen LogP contribution in [0.25, 0.3) is 32.9 Å². The first-order chi connectivity index (χ1) is 21.8. The SMILES string of the molecule is CCc1c(F)ccc2cc(O)cc(-c3ncc4c(N5CCOC6(CCC6)C5)nc(OC)nc4c3F)c12.FC1CC2CCCN2C1. The van der Waals surface area contributed by atoms with Crippen LogP contribution in [0.15, 0.2) is 30.5 Å². The molecule has 8 nitrogen and oxygen atoms in total. The Morgan fingerprint density at radius 3 is 2.71 bits per heavy atom. The number of phenols is 1. The monoisotopic (exact) mass is 621 g/mol. The number of phenolic OH excluding ortho intramolecular Hbond substituents is 1. The molecule has 1 aliphatic carbocycles. The molecule has 2 atom stereocenters. The van der Waals surface area contributed by atoms with Crippen molar-refractivity contribution in [3.8, 4) is 23.0 Å². The summed E-state index contributed by atoms with van der Waals surface area (Å²) in [6.45, 7) is 5.51. The van der Waals surface area contributed by atoms with E-state index in [1.165, 1.54) is 38.2 Å². The van der Waals surface area contributed by atoms with Crippen molar-refractivity contribution >= 4 is 27.5 Å². The molecule has 3 saturated heterocycles. The second-order valence-electron chi connectivity index (χ2n) is 12.6. The van der Waals surface area contributed by atoms with Crippen molar-refractivity contribution in [1.29, 1.82) is 0 Å². The maximum absolute atomic E-state index is 16.2. The molecule has 1 saturated carbocycles. The Hall–Kier alpha value is -3.70. The zero-order chi connectivity index (χ0) is 31.3. The Labute approximate surface area is 260 Å². The summed E-state index contributed by atoms with van der Waals surface area (Å²) in [6.07, 6.45) is 7.86. The van der Waals surface area contributed by atoms with Crippen molar-refractivity contribution in [3.05, 3.63) is 47.7 Å². The molecule has 5 heterocycles. The van der Waals surface area contributed by atoms with E-state index in [0.29, 0.717) is 71.8 Å². The maximum atomic E-state index is 16.2. The number of aromatic hydroxyl groups is 1. The molecule has 0 amide bonds. The number of benzene rings is 2. The summed E-state index contributed by atoms with van der Waals surface area (Å²) in [5.41, 5.74) is 0.591. The van der Waals surface area contributed by atoms with Crippen LogP contribution in [0.3, 0.4) is 0 Å².